The number of hydrogen-bond donors (Lipinski definition) is 1. The Bertz CT molecular complexity index is 304. The van der Waals surface area contributed by atoms with Crippen molar-refractivity contribution in [3.8, 4) is 0 Å². The van der Waals surface area contributed by atoms with Crippen molar-refractivity contribution < 1.29 is 0 Å². The molecule has 1 heteroatoms. The maximum absolute atomic E-state index is 3.51. The van der Waals surface area contributed by atoms with Crippen LogP contribution in [-0.2, 0) is 6.54 Å². The molecule has 0 bridgehead atoms. The van der Waals surface area contributed by atoms with Crippen molar-refractivity contribution in [3.63, 3.8) is 0 Å². The van der Waals surface area contributed by atoms with Gasteiger partial charge in [0.15, 0.2) is 0 Å². The zero-order valence-electron chi connectivity index (χ0n) is 11.0. The Kier molecular flexibility index (Phi) is 6.17. The van der Waals surface area contributed by atoms with Crippen molar-refractivity contribution >= 4 is 0 Å². The summed E-state index contributed by atoms with van der Waals surface area (Å²) >= 11 is 0. The highest BCUT2D eigenvalue weighted by atomic mass is 14.8. The van der Waals surface area contributed by atoms with Crippen molar-refractivity contribution in [1.82, 2.24) is 5.32 Å². The van der Waals surface area contributed by atoms with Crippen LogP contribution in [0, 0.1) is 13.8 Å². The number of nitrogens with one attached hydrogen (secondary N) is 1. The molecule has 1 nitrogen and oxygen atoms in total. The molecule has 0 aliphatic carbocycles. The fourth-order valence-corrected chi connectivity index (χ4v) is 1.82. The van der Waals surface area contributed by atoms with Crippen molar-refractivity contribution in [2.24, 2.45) is 0 Å². The van der Waals surface area contributed by atoms with Gasteiger partial charge < -0.3 is 5.32 Å². The molecule has 0 aliphatic rings. The lowest BCUT2D eigenvalue weighted by Crippen LogP contribution is -2.14. The molecule has 1 rings (SSSR count). The maximum Gasteiger partial charge on any atom is 0.0205 e. The summed E-state index contributed by atoms with van der Waals surface area (Å²) in [4.78, 5) is 0. The van der Waals surface area contributed by atoms with Crippen LogP contribution in [0.25, 0.3) is 0 Å². The molecule has 0 fully saturated rings. The first kappa shape index (κ1) is 13.2. The molecule has 0 atom stereocenters. The van der Waals surface area contributed by atoms with Gasteiger partial charge in [-0.2, -0.15) is 0 Å². The smallest absolute Gasteiger partial charge is 0.0205 e. The Morgan fingerprint density at radius 3 is 2.50 bits per heavy atom. The van der Waals surface area contributed by atoms with Crippen molar-refractivity contribution in [2.75, 3.05) is 6.54 Å². The second kappa shape index (κ2) is 7.45. The predicted molar refractivity (Wildman–Crippen MR) is 71.8 cm³/mol. The number of benzene rings is 1. The van der Waals surface area contributed by atoms with Gasteiger partial charge in [0.1, 0.15) is 0 Å². The molecule has 0 heterocycles. The fraction of sp³-hybridized carbons (Fsp3) is 0.600. The largest absolute Gasteiger partial charge is 0.313 e. The Morgan fingerprint density at radius 1 is 1.00 bits per heavy atom. The third-order valence-corrected chi connectivity index (χ3v) is 3.11. The SMILES string of the molecule is CCCCCCNCc1ccc(C)c(C)c1. The molecule has 0 radical (unpaired) electrons. The standard InChI is InChI=1S/C15H25N/c1-4-5-6-7-10-16-12-15-9-8-13(2)14(3)11-15/h8-9,11,16H,4-7,10,12H2,1-3H3. The molecule has 1 aromatic rings. The van der Waals surface area contributed by atoms with Crippen LogP contribution in [0.15, 0.2) is 18.2 Å². The lowest BCUT2D eigenvalue weighted by atomic mass is 10.1. The molecule has 0 amide bonds. The summed E-state index contributed by atoms with van der Waals surface area (Å²) in [7, 11) is 0. The van der Waals surface area contributed by atoms with Crippen LogP contribution >= 0.6 is 0 Å². The van der Waals surface area contributed by atoms with Crippen LogP contribution in [0.5, 0.6) is 0 Å². The van der Waals surface area contributed by atoms with Gasteiger partial charge in [-0.15, -0.1) is 0 Å². The van der Waals surface area contributed by atoms with E-state index in [-0.39, 0.29) is 0 Å². The summed E-state index contributed by atoms with van der Waals surface area (Å²) in [5.41, 5.74) is 4.18. The highest BCUT2D eigenvalue weighted by Gasteiger charge is 1.96. The second-order valence-electron chi connectivity index (χ2n) is 4.66. The third kappa shape index (κ3) is 4.80. The van der Waals surface area contributed by atoms with Crippen LogP contribution in [-0.4, -0.2) is 6.54 Å². The van der Waals surface area contributed by atoms with E-state index in [9.17, 15) is 0 Å². The lowest BCUT2D eigenvalue weighted by Gasteiger charge is -2.07. The average molecular weight is 219 g/mol. The first-order valence-electron chi connectivity index (χ1n) is 6.51. The van der Waals surface area contributed by atoms with Crippen LogP contribution in [0.4, 0.5) is 0 Å². The lowest BCUT2D eigenvalue weighted by molar-refractivity contribution is 0.598. The zero-order valence-corrected chi connectivity index (χ0v) is 11.0. The minimum absolute atomic E-state index is 1.01. The highest BCUT2D eigenvalue weighted by molar-refractivity contribution is 5.29. The Balaban J connectivity index is 2.19. The maximum atomic E-state index is 3.51. The van der Waals surface area contributed by atoms with Gasteiger partial charge in [0.05, 0.1) is 0 Å². The van der Waals surface area contributed by atoms with Crippen molar-refractivity contribution in [3.05, 3.63) is 34.9 Å². The van der Waals surface area contributed by atoms with Gasteiger partial charge >= 0.3 is 0 Å². The Labute approximate surface area is 100 Å². The normalized spacial score (nSPS) is 10.7. The third-order valence-electron chi connectivity index (χ3n) is 3.11. The van der Waals surface area contributed by atoms with Gasteiger partial charge in [-0.05, 0) is 43.5 Å². The van der Waals surface area contributed by atoms with Crippen LogP contribution in [0.2, 0.25) is 0 Å². The summed E-state index contributed by atoms with van der Waals surface area (Å²) in [6, 6.07) is 6.72. The van der Waals surface area contributed by atoms with E-state index in [0.29, 0.717) is 0 Å². The Hall–Kier alpha value is -0.820. The topological polar surface area (TPSA) is 12.0 Å². The van der Waals surface area contributed by atoms with E-state index in [1.165, 1.54) is 42.4 Å². The second-order valence-corrected chi connectivity index (χ2v) is 4.66. The molecule has 0 aliphatic heterocycles. The minimum Gasteiger partial charge on any atom is -0.313 e. The Morgan fingerprint density at radius 2 is 1.81 bits per heavy atom. The molecular formula is C15H25N. The van der Waals surface area contributed by atoms with Crippen LogP contribution in [0.3, 0.4) is 0 Å². The van der Waals surface area contributed by atoms with E-state index >= 15 is 0 Å². The van der Waals surface area contributed by atoms with E-state index < -0.39 is 0 Å². The minimum atomic E-state index is 1.01. The summed E-state index contributed by atoms with van der Waals surface area (Å²) < 4.78 is 0. The monoisotopic (exact) mass is 219 g/mol. The summed E-state index contributed by atoms with van der Waals surface area (Å²) in [5.74, 6) is 0. The van der Waals surface area contributed by atoms with Gasteiger partial charge in [-0.3, -0.25) is 0 Å². The van der Waals surface area contributed by atoms with E-state index in [4.69, 9.17) is 0 Å². The predicted octanol–water partition coefficient (Wildman–Crippen LogP) is 3.97. The summed E-state index contributed by atoms with van der Waals surface area (Å²) in [6.45, 7) is 8.75. The van der Waals surface area contributed by atoms with E-state index in [1.807, 2.05) is 0 Å². The number of unbranched alkanes of at least 4 members (excludes halogenated alkanes) is 3. The van der Waals surface area contributed by atoms with Crippen LogP contribution in [0.1, 0.15) is 49.3 Å². The molecule has 1 N–H and O–H groups in total. The van der Waals surface area contributed by atoms with E-state index in [1.54, 1.807) is 0 Å². The van der Waals surface area contributed by atoms with Crippen molar-refractivity contribution in [1.29, 1.82) is 0 Å². The van der Waals surface area contributed by atoms with Gasteiger partial charge in [0, 0.05) is 6.54 Å². The van der Waals surface area contributed by atoms with Gasteiger partial charge in [-0.1, -0.05) is 44.4 Å². The molecule has 0 aromatic heterocycles. The molecule has 1 aromatic carbocycles. The molecule has 0 saturated carbocycles. The van der Waals surface area contributed by atoms with Gasteiger partial charge in [-0.25, -0.2) is 0 Å². The zero-order chi connectivity index (χ0) is 11.8. The van der Waals surface area contributed by atoms with Crippen LogP contribution < -0.4 is 5.32 Å². The van der Waals surface area contributed by atoms with Crippen molar-refractivity contribution in [2.45, 2.75) is 53.0 Å². The highest BCUT2D eigenvalue weighted by Crippen LogP contribution is 2.09. The molecule has 90 valence electrons. The van der Waals surface area contributed by atoms with E-state index in [0.717, 1.165) is 13.1 Å². The van der Waals surface area contributed by atoms with Gasteiger partial charge in [0.2, 0.25) is 0 Å². The quantitative estimate of drug-likeness (QED) is 0.684. The first-order valence-corrected chi connectivity index (χ1v) is 6.51. The number of aryl methyl sites for hydroxylation is 2. The molecule has 0 spiro atoms. The fourth-order valence-electron chi connectivity index (χ4n) is 1.82. The van der Waals surface area contributed by atoms with E-state index in [2.05, 4.69) is 44.3 Å². The number of hydrogen-bond acceptors (Lipinski definition) is 1. The molecular weight excluding hydrogens is 194 g/mol. The molecule has 0 saturated heterocycles. The first-order chi connectivity index (χ1) is 7.74. The number of rotatable bonds is 7. The summed E-state index contributed by atoms with van der Waals surface area (Å²) in [6.07, 6.45) is 5.34. The van der Waals surface area contributed by atoms with Gasteiger partial charge in [0.25, 0.3) is 0 Å². The summed E-state index contributed by atoms with van der Waals surface area (Å²) in [5, 5.41) is 3.51. The molecule has 16 heavy (non-hydrogen) atoms. The molecule has 0 unspecified atom stereocenters. The average Bonchev–Trinajstić information content (AvgIpc) is 2.28.